The van der Waals surface area contributed by atoms with Crippen LogP contribution in [0.4, 0.5) is 0 Å². The second-order valence-electron chi connectivity index (χ2n) is 12.7. The number of hydrogen-bond acceptors (Lipinski definition) is 6. The van der Waals surface area contributed by atoms with Crippen LogP contribution in [-0.4, -0.2) is 64.8 Å². The molecule has 8 nitrogen and oxygen atoms in total. The summed E-state index contributed by atoms with van der Waals surface area (Å²) in [5.41, 5.74) is -0.254. The highest BCUT2D eigenvalue weighted by Gasteiger charge is 2.65. The molecule has 0 aromatic rings. The van der Waals surface area contributed by atoms with E-state index in [1.165, 1.54) is 0 Å². The van der Waals surface area contributed by atoms with Crippen LogP contribution in [0.5, 0.6) is 0 Å². The van der Waals surface area contributed by atoms with E-state index in [2.05, 4.69) is 26.1 Å². The van der Waals surface area contributed by atoms with Gasteiger partial charge in [-0.15, -0.1) is 0 Å². The van der Waals surface area contributed by atoms with Gasteiger partial charge >= 0.3 is 0 Å². The van der Waals surface area contributed by atoms with Crippen molar-refractivity contribution >= 4 is 16.0 Å². The van der Waals surface area contributed by atoms with Crippen LogP contribution in [-0.2, 0) is 14.9 Å². The maximum atomic E-state index is 12.2. The average Bonchev–Trinajstić information content (AvgIpc) is 3.12. The van der Waals surface area contributed by atoms with E-state index in [0.29, 0.717) is 18.8 Å². The second kappa shape index (κ2) is 9.86. The molecular formula is C26H45NO7S. The average molecular weight is 516 g/mol. The lowest BCUT2D eigenvalue weighted by molar-refractivity contribution is -0.207. The zero-order valence-electron chi connectivity index (χ0n) is 21.4. The maximum absolute atomic E-state index is 12.2. The molecule has 4 aliphatic rings. The molecule has 0 heterocycles. The van der Waals surface area contributed by atoms with Gasteiger partial charge in [0.25, 0.3) is 10.1 Å². The van der Waals surface area contributed by atoms with Crippen LogP contribution in [0.2, 0.25) is 0 Å². The van der Waals surface area contributed by atoms with Crippen LogP contribution >= 0.6 is 0 Å². The molecule has 11 atom stereocenters. The van der Waals surface area contributed by atoms with Gasteiger partial charge in [-0.25, -0.2) is 0 Å². The summed E-state index contributed by atoms with van der Waals surface area (Å²) in [7, 11) is -4.10. The van der Waals surface area contributed by atoms with Gasteiger partial charge in [0.15, 0.2) is 0 Å². The molecule has 4 rings (SSSR count). The molecule has 4 aliphatic carbocycles. The molecule has 5 N–H and O–H groups in total. The fraction of sp³-hybridized carbons (Fsp3) is 0.962. The third-order valence-corrected chi connectivity index (χ3v) is 11.7. The van der Waals surface area contributed by atoms with E-state index in [9.17, 15) is 28.5 Å². The van der Waals surface area contributed by atoms with Gasteiger partial charge in [0.1, 0.15) is 0 Å². The Balaban J connectivity index is 1.43. The summed E-state index contributed by atoms with van der Waals surface area (Å²) >= 11 is 0. The minimum absolute atomic E-state index is 0.0509. The van der Waals surface area contributed by atoms with Crippen molar-refractivity contribution in [1.29, 1.82) is 0 Å². The van der Waals surface area contributed by atoms with Crippen molar-refractivity contribution in [3.05, 3.63) is 0 Å². The zero-order valence-corrected chi connectivity index (χ0v) is 22.2. The van der Waals surface area contributed by atoms with Gasteiger partial charge in [0.05, 0.1) is 24.1 Å². The van der Waals surface area contributed by atoms with Gasteiger partial charge in [-0.05, 0) is 97.7 Å². The van der Waals surface area contributed by atoms with Gasteiger partial charge in [-0.2, -0.15) is 8.42 Å². The Kier molecular flexibility index (Phi) is 7.69. The summed E-state index contributed by atoms with van der Waals surface area (Å²) in [6.07, 6.45) is 5.67. The summed E-state index contributed by atoms with van der Waals surface area (Å²) in [5, 5.41) is 35.8. The molecule has 0 aliphatic heterocycles. The molecule has 0 aromatic heterocycles. The molecule has 1 amide bonds. The molecule has 0 bridgehead atoms. The normalized spacial score (nSPS) is 46.3. The minimum atomic E-state index is -4.10. The molecule has 4 fully saturated rings. The number of hydrogen-bond donors (Lipinski definition) is 5. The Bertz CT molecular complexity index is 896. The molecule has 202 valence electrons. The third-order valence-electron chi connectivity index (χ3n) is 11.0. The van der Waals surface area contributed by atoms with Gasteiger partial charge in [-0.1, -0.05) is 20.8 Å². The highest BCUT2D eigenvalue weighted by Crippen LogP contribution is 2.68. The van der Waals surface area contributed by atoms with E-state index in [1.54, 1.807) is 0 Å². The van der Waals surface area contributed by atoms with Crippen molar-refractivity contribution in [1.82, 2.24) is 5.32 Å². The lowest BCUT2D eigenvalue weighted by atomic mass is 9.43. The molecule has 0 radical (unpaired) electrons. The fourth-order valence-electron chi connectivity index (χ4n) is 9.10. The Hall–Kier alpha value is -0.740. The van der Waals surface area contributed by atoms with Crippen LogP contribution in [0.25, 0.3) is 0 Å². The topological polar surface area (TPSA) is 144 Å². The lowest BCUT2D eigenvalue weighted by Crippen LogP contribution is -2.62. The standard InChI is InChI=1S/C26H45NO7S/c1-15(4-7-23(31)27-10-11-35(32,33)34)18-5-6-19-24-20(14-22(30)26(18,19)3)25(2)9-8-17(28)12-16(25)13-21(24)29/h15-22,24,28-30H,4-14H2,1-3H3,(H,27,31)(H,32,33,34)/t15?,16-,17?,18?,19-,20+,21?,22?,24-,25-,26+/m0/s1. The second-order valence-corrected chi connectivity index (χ2v) is 14.2. The van der Waals surface area contributed by atoms with E-state index in [1.807, 2.05) is 0 Å². The number of carbonyl (C=O) groups excluding carboxylic acids is 1. The van der Waals surface area contributed by atoms with Crippen molar-refractivity contribution < 1.29 is 33.1 Å². The van der Waals surface area contributed by atoms with Crippen molar-refractivity contribution in [2.75, 3.05) is 12.3 Å². The fourth-order valence-corrected chi connectivity index (χ4v) is 9.46. The van der Waals surface area contributed by atoms with Crippen molar-refractivity contribution in [3.63, 3.8) is 0 Å². The number of aliphatic hydroxyl groups excluding tert-OH is 3. The number of amides is 1. The van der Waals surface area contributed by atoms with E-state index in [-0.39, 0.29) is 65.4 Å². The zero-order chi connectivity index (χ0) is 25.8. The molecule has 35 heavy (non-hydrogen) atoms. The predicted molar refractivity (Wildman–Crippen MR) is 132 cm³/mol. The van der Waals surface area contributed by atoms with E-state index in [0.717, 1.165) is 38.5 Å². The molecule has 5 unspecified atom stereocenters. The summed E-state index contributed by atoms with van der Waals surface area (Å²) in [6.45, 7) is 6.56. The number of rotatable bonds is 7. The van der Waals surface area contributed by atoms with Gasteiger partial charge in [0.2, 0.25) is 5.91 Å². The van der Waals surface area contributed by atoms with Gasteiger partial charge in [0, 0.05) is 13.0 Å². The molecule has 0 aromatic carbocycles. The van der Waals surface area contributed by atoms with Crippen molar-refractivity contribution in [2.45, 2.75) is 96.9 Å². The number of carbonyl (C=O) groups is 1. The SMILES string of the molecule is CC(CCC(=O)NCCS(=O)(=O)O)C1CC[C@H]2[C@@H]3C(O)C[C@@H]4CC(O)CC[C@]4(C)[C@@H]3CC(O)[C@]12C. The van der Waals surface area contributed by atoms with Crippen LogP contribution in [0, 0.1) is 46.3 Å². The summed E-state index contributed by atoms with van der Waals surface area (Å²) in [4.78, 5) is 12.2. The maximum Gasteiger partial charge on any atom is 0.266 e. The first-order chi connectivity index (χ1) is 16.3. The van der Waals surface area contributed by atoms with Crippen molar-refractivity contribution in [2.24, 2.45) is 46.3 Å². The molecule has 4 saturated carbocycles. The molecule has 0 saturated heterocycles. The van der Waals surface area contributed by atoms with E-state index in [4.69, 9.17) is 4.55 Å². The lowest BCUT2D eigenvalue weighted by Gasteiger charge is -2.63. The van der Waals surface area contributed by atoms with E-state index >= 15 is 0 Å². The van der Waals surface area contributed by atoms with Gasteiger partial charge < -0.3 is 20.6 Å². The third kappa shape index (κ3) is 5.05. The first-order valence-electron chi connectivity index (χ1n) is 13.5. The highest BCUT2D eigenvalue weighted by molar-refractivity contribution is 7.85. The largest absolute Gasteiger partial charge is 0.393 e. The van der Waals surface area contributed by atoms with Gasteiger partial charge in [-0.3, -0.25) is 9.35 Å². The summed E-state index contributed by atoms with van der Waals surface area (Å²) in [5.74, 6) is 0.705. The van der Waals surface area contributed by atoms with Crippen LogP contribution in [0.15, 0.2) is 0 Å². The van der Waals surface area contributed by atoms with Crippen LogP contribution < -0.4 is 5.32 Å². The number of fused-ring (bicyclic) bond motifs is 5. The highest BCUT2D eigenvalue weighted by atomic mass is 32.2. The minimum Gasteiger partial charge on any atom is -0.393 e. The predicted octanol–water partition coefficient (Wildman–Crippen LogP) is 2.37. The first-order valence-corrected chi connectivity index (χ1v) is 15.1. The Morgan fingerprint density at radius 3 is 2.46 bits per heavy atom. The van der Waals surface area contributed by atoms with Crippen molar-refractivity contribution in [3.8, 4) is 0 Å². The number of nitrogens with one attached hydrogen (secondary N) is 1. The summed E-state index contributed by atoms with van der Waals surface area (Å²) in [6, 6.07) is 0. The Labute approximate surface area is 210 Å². The van der Waals surface area contributed by atoms with E-state index < -0.39 is 28.1 Å². The molecule has 9 heteroatoms. The Morgan fingerprint density at radius 1 is 1.06 bits per heavy atom. The van der Waals surface area contributed by atoms with Crippen LogP contribution in [0.1, 0.15) is 78.6 Å². The number of aliphatic hydroxyl groups is 3. The quantitative estimate of drug-likeness (QED) is 0.327. The smallest absolute Gasteiger partial charge is 0.266 e. The molecular weight excluding hydrogens is 470 g/mol. The van der Waals surface area contributed by atoms with Crippen LogP contribution in [0.3, 0.4) is 0 Å². The summed E-state index contributed by atoms with van der Waals surface area (Å²) < 4.78 is 30.5. The first kappa shape index (κ1) is 27.3. The Morgan fingerprint density at radius 2 is 1.77 bits per heavy atom. The monoisotopic (exact) mass is 515 g/mol. The molecule has 0 spiro atoms.